The molecule has 1 amide bonds. The molecule has 1 heterocycles. The summed E-state index contributed by atoms with van der Waals surface area (Å²) in [4.78, 5) is 28.2. The van der Waals surface area contributed by atoms with E-state index in [9.17, 15) is 14.7 Å². The van der Waals surface area contributed by atoms with E-state index in [1.54, 1.807) is 36.4 Å². The van der Waals surface area contributed by atoms with Crippen LogP contribution in [0, 0.1) is 0 Å². The molecule has 1 aliphatic rings. The monoisotopic (exact) mass is 485 g/mol. The van der Waals surface area contributed by atoms with Crippen LogP contribution in [0.25, 0.3) is 5.76 Å². The van der Waals surface area contributed by atoms with Crippen LogP contribution in [0.3, 0.4) is 0 Å². The first-order valence-electron chi connectivity index (χ1n) is 12.2. The molecule has 6 nitrogen and oxygen atoms in total. The van der Waals surface area contributed by atoms with E-state index in [0.717, 1.165) is 12.0 Å². The fourth-order valence-electron chi connectivity index (χ4n) is 4.36. The van der Waals surface area contributed by atoms with Crippen molar-refractivity contribution in [2.45, 2.75) is 46.3 Å². The molecule has 1 N–H and O–H groups in total. The van der Waals surface area contributed by atoms with Gasteiger partial charge in [-0.25, -0.2) is 0 Å². The van der Waals surface area contributed by atoms with Gasteiger partial charge in [-0.05, 0) is 62.6 Å². The van der Waals surface area contributed by atoms with E-state index in [4.69, 9.17) is 9.47 Å². The van der Waals surface area contributed by atoms with Crippen molar-refractivity contribution in [3.8, 4) is 11.5 Å². The summed E-state index contributed by atoms with van der Waals surface area (Å²) < 4.78 is 11.4. The number of ether oxygens (including phenoxy) is 2. The maximum Gasteiger partial charge on any atom is 0.300 e. The number of aryl methyl sites for hydroxylation is 1. The maximum atomic E-state index is 13.4. The molecule has 1 atom stereocenters. The van der Waals surface area contributed by atoms with Crippen LogP contribution in [0.2, 0.25) is 0 Å². The summed E-state index contributed by atoms with van der Waals surface area (Å²) in [5.74, 6) is -0.373. The third-order valence-corrected chi connectivity index (χ3v) is 6.05. The average molecular weight is 486 g/mol. The van der Waals surface area contributed by atoms with Gasteiger partial charge in [0.15, 0.2) is 0 Å². The molecule has 1 aliphatic heterocycles. The quantitative estimate of drug-likeness (QED) is 0.238. The summed E-state index contributed by atoms with van der Waals surface area (Å²) in [5.41, 5.74) is 2.83. The van der Waals surface area contributed by atoms with Gasteiger partial charge in [0.05, 0.1) is 24.3 Å². The third kappa shape index (κ3) is 4.98. The lowest BCUT2D eigenvalue weighted by Crippen LogP contribution is -2.29. The molecule has 0 aliphatic carbocycles. The number of ketones is 1. The molecule has 1 unspecified atom stereocenters. The van der Waals surface area contributed by atoms with Crippen LogP contribution in [0.1, 0.15) is 50.4 Å². The Labute approximate surface area is 211 Å². The number of carbonyl (C=O) groups excluding carboxylic acids is 2. The molecule has 3 aromatic rings. The third-order valence-electron chi connectivity index (χ3n) is 6.05. The highest BCUT2D eigenvalue weighted by atomic mass is 16.5. The molecule has 186 valence electrons. The van der Waals surface area contributed by atoms with Crippen molar-refractivity contribution in [3.05, 3.63) is 95.1 Å². The number of hydrogen-bond acceptors (Lipinski definition) is 5. The van der Waals surface area contributed by atoms with E-state index in [-0.39, 0.29) is 17.4 Å². The van der Waals surface area contributed by atoms with Crippen molar-refractivity contribution < 1.29 is 24.2 Å². The first-order valence-corrected chi connectivity index (χ1v) is 12.2. The van der Waals surface area contributed by atoms with Crippen LogP contribution in [-0.4, -0.2) is 29.5 Å². The first-order chi connectivity index (χ1) is 17.3. The summed E-state index contributed by atoms with van der Waals surface area (Å²) >= 11 is 0. The number of Topliss-reactive ketones (excluding diaryl/α,β-unsaturated/α-hetero) is 1. The van der Waals surface area contributed by atoms with Gasteiger partial charge in [0.1, 0.15) is 17.3 Å². The zero-order chi connectivity index (χ0) is 25.8. The molecule has 1 fully saturated rings. The second-order valence-electron chi connectivity index (χ2n) is 8.89. The number of rotatable bonds is 8. The molecule has 0 spiro atoms. The molecule has 1 saturated heterocycles. The molecule has 3 aromatic carbocycles. The van der Waals surface area contributed by atoms with Crippen molar-refractivity contribution in [3.63, 3.8) is 0 Å². The minimum atomic E-state index is -0.819. The van der Waals surface area contributed by atoms with Gasteiger partial charge in [-0.2, -0.15) is 0 Å². The molecular weight excluding hydrogens is 454 g/mol. The van der Waals surface area contributed by atoms with Gasteiger partial charge in [0.2, 0.25) is 0 Å². The number of nitrogens with zero attached hydrogens (tertiary/aromatic N) is 1. The summed E-state index contributed by atoms with van der Waals surface area (Å²) in [6, 6.07) is 20.9. The second kappa shape index (κ2) is 10.7. The number of aliphatic hydroxyl groups excluding tert-OH is 1. The van der Waals surface area contributed by atoms with E-state index in [0.29, 0.717) is 34.9 Å². The summed E-state index contributed by atoms with van der Waals surface area (Å²) in [6.45, 7) is 8.28. The highest BCUT2D eigenvalue weighted by Gasteiger charge is 2.47. The smallest absolute Gasteiger partial charge is 0.300 e. The lowest BCUT2D eigenvalue weighted by atomic mass is 9.94. The predicted molar refractivity (Wildman–Crippen MR) is 140 cm³/mol. The maximum absolute atomic E-state index is 13.4. The Hall–Kier alpha value is -4.06. The highest BCUT2D eigenvalue weighted by molar-refractivity contribution is 6.51. The Morgan fingerprint density at radius 2 is 1.64 bits per heavy atom. The topological polar surface area (TPSA) is 76.1 Å². The normalized spacial score (nSPS) is 17.0. The number of hydrogen-bond donors (Lipinski definition) is 1. The summed E-state index contributed by atoms with van der Waals surface area (Å²) in [6.07, 6.45) is 0.862. The minimum absolute atomic E-state index is 0.00823. The van der Waals surface area contributed by atoms with Gasteiger partial charge in [0.25, 0.3) is 11.7 Å². The minimum Gasteiger partial charge on any atom is -0.507 e. The van der Waals surface area contributed by atoms with Crippen LogP contribution in [0.4, 0.5) is 5.69 Å². The van der Waals surface area contributed by atoms with E-state index in [1.807, 2.05) is 64.1 Å². The van der Waals surface area contributed by atoms with Crippen LogP contribution in [0.15, 0.2) is 78.4 Å². The van der Waals surface area contributed by atoms with Crippen molar-refractivity contribution in [1.29, 1.82) is 0 Å². The van der Waals surface area contributed by atoms with Gasteiger partial charge in [0, 0.05) is 17.3 Å². The van der Waals surface area contributed by atoms with Crippen LogP contribution < -0.4 is 14.4 Å². The second-order valence-corrected chi connectivity index (χ2v) is 8.89. The lowest BCUT2D eigenvalue weighted by molar-refractivity contribution is -0.132. The molecule has 6 heteroatoms. The van der Waals surface area contributed by atoms with Crippen molar-refractivity contribution in [2.24, 2.45) is 0 Å². The van der Waals surface area contributed by atoms with Crippen molar-refractivity contribution >= 4 is 23.1 Å². The zero-order valence-electron chi connectivity index (χ0n) is 21.0. The van der Waals surface area contributed by atoms with E-state index < -0.39 is 17.7 Å². The zero-order valence-corrected chi connectivity index (χ0v) is 21.0. The van der Waals surface area contributed by atoms with Crippen LogP contribution >= 0.6 is 0 Å². The standard InChI is InChI=1S/C30H31NO5/c1-5-20-10-12-22(13-11-20)28(32)26-27(21-14-16-24(17-15-21)36-19(3)4)31(30(34)29(26)33)23-8-7-9-25(18-23)35-6-2/h7-19,27,32H,5-6H2,1-4H3/b28-26+. The number of anilines is 1. The van der Waals surface area contributed by atoms with E-state index in [2.05, 4.69) is 0 Å². The SMILES string of the molecule is CCOc1cccc(N2C(=O)C(=O)/C(=C(/O)c3ccc(CC)cc3)C2c2ccc(OC(C)C)cc2)c1. The molecule has 0 aromatic heterocycles. The van der Waals surface area contributed by atoms with E-state index in [1.165, 1.54) is 4.90 Å². The van der Waals surface area contributed by atoms with Crippen molar-refractivity contribution in [1.82, 2.24) is 0 Å². The molecule has 4 rings (SSSR count). The number of carbonyl (C=O) groups is 2. The highest BCUT2D eigenvalue weighted by Crippen LogP contribution is 2.43. The van der Waals surface area contributed by atoms with Gasteiger partial charge in [-0.3, -0.25) is 14.5 Å². The van der Waals surface area contributed by atoms with Gasteiger partial charge < -0.3 is 14.6 Å². The van der Waals surface area contributed by atoms with Crippen LogP contribution in [0.5, 0.6) is 11.5 Å². The molecule has 0 bridgehead atoms. The Balaban J connectivity index is 1.87. The van der Waals surface area contributed by atoms with Gasteiger partial charge in [-0.1, -0.05) is 49.4 Å². The molecule has 0 radical (unpaired) electrons. The fourth-order valence-corrected chi connectivity index (χ4v) is 4.36. The average Bonchev–Trinajstić information content (AvgIpc) is 3.14. The number of benzene rings is 3. The summed E-state index contributed by atoms with van der Waals surface area (Å²) in [7, 11) is 0. The van der Waals surface area contributed by atoms with Gasteiger partial charge in [-0.15, -0.1) is 0 Å². The molecule has 0 saturated carbocycles. The largest absolute Gasteiger partial charge is 0.507 e. The number of amides is 1. The Bertz CT molecular complexity index is 1280. The molecular formula is C30H31NO5. The Morgan fingerprint density at radius 1 is 0.944 bits per heavy atom. The number of aliphatic hydroxyl groups is 1. The molecule has 36 heavy (non-hydrogen) atoms. The van der Waals surface area contributed by atoms with Crippen LogP contribution in [-0.2, 0) is 16.0 Å². The van der Waals surface area contributed by atoms with Gasteiger partial charge >= 0.3 is 0 Å². The Morgan fingerprint density at radius 3 is 2.25 bits per heavy atom. The summed E-state index contributed by atoms with van der Waals surface area (Å²) in [5, 5.41) is 11.3. The lowest BCUT2D eigenvalue weighted by Gasteiger charge is -2.26. The predicted octanol–water partition coefficient (Wildman–Crippen LogP) is 6.06. The van der Waals surface area contributed by atoms with Crippen molar-refractivity contribution in [2.75, 3.05) is 11.5 Å². The Kier molecular flexibility index (Phi) is 7.44. The fraction of sp³-hybridized carbons (Fsp3) is 0.267. The first kappa shape index (κ1) is 25.0. The van der Waals surface area contributed by atoms with E-state index >= 15 is 0 Å².